The van der Waals surface area contributed by atoms with Crippen LogP contribution in [0.4, 0.5) is 4.79 Å². The summed E-state index contributed by atoms with van der Waals surface area (Å²) in [5.74, 6) is -0.917. The minimum atomic E-state index is -1.12. The van der Waals surface area contributed by atoms with Crippen molar-refractivity contribution in [3.8, 4) is 5.75 Å². The minimum Gasteiger partial charge on any atom is -0.491 e. The molecular weight excluding hydrogens is 334 g/mol. The lowest BCUT2D eigenvalue weighted by molar-refractivity contribution is 0.0163. The van der Waals surface area contributed by atoms with Gasteiger partial charge in [-0.3, -0.25) is 0 Å². The van der Waals surface area contributed by atoms with Crippen molar-refractivity contribution in [3.05, 3.63) is 28.8 Å². The molecule has 0 heterocycles. The van der Waals surface area contributed by atoms with E-state index in [9.17, 15) is 14.7 Å². The summed E-state index contributed by atoms with van der Waals surface area (Å²) in [6, 6.07) is 4.30. The van der Waals surface area contributed by atoms with Gasteiger partial charge in [-0.2, -0.15) is 0 Å². The number of benzene rings is 1. The number of amides is 1. The van der Waals surface area contributed by atoms with Crippen LogP contribution in [0.5, 0.6) is 5.75 Å². The van der Waals surface area contributed by atoms with E-state index in [0.717, 1.165) is 0 Å². The first-order valence-corrected chi connectivity index (χ1v) is 8.04. The Morgan fingerprint density at radius 2 is 1.92 bits per heavy atom. The molecule has 1 rings (SSSR count). The summed E-state index contributed by atoms with van der Waals surface area (Å²) in [4.78, 5) is 24.9. The molecule has 0 radical (unpaired) electrons. The molecule has 1 aromatic rings. The number of aromatic carboxylic acids is 1. The Kier molecular flexibility index (Phi) is 6.90. The Labute approximate surface area is 147 Å². The zero-order valence-corrected chi connectivity index (χ0v) is 15.4. The number of ether oxygens (including phenoxy) is 2. The number of nitrogens with zero attached hydrogens (tertiary/aromatic N) is 1. The lowest BCUT2D eigenvalue weighted by Crippen LogP contribution is -2.43. The maximum absolute atomic E-state index is 12.2. The molecule has 24 heavy (non-hydrogen) atoms. The SMILES string of the molecule is CC(C)N(CCOc1ccc(Cl)cc1C(=O)O)C(=O)OC(C)(C)C. The molecule has 1 aromatic carbocycles. The summed E-state index contributed by atoms with van der Waals surface area (Å²) in [5.41, 5.74) is -0.603. The standard InChI is InChI=1S/C17H24ClNO5/c1-11(2)19(16(22)24-17(3,4)5)8-9-23-14-7-6-12(18)10-13(14)15(20)21/h6-7,10-11H,8-9H2,1-5H3,(H,20,21). The quantitative estimate of drug-likeness (QED) is 0.830. The average Bonchev–Trinajstić information content (AvgIpc) is 2.42. The molecule has 0 bridgehead atoms. The van der Waals surface area contributed by atoms with Gasteiger partial charge in [-0.25, -0.2) is 9.59 Å². The van der Waals surface area contributed by atoms with Crippen LogP contribution in [0.25, 0.3) is 0 Å². The van der Waals surface area contributed by atoms with Crippen molar-refractivity contribution >= 4 is 23.7 Å². The third-order valence-corrected chi connectivity index (χ3v) is 3.25. The van der Waals surface area contributed by atoms with E-state index in [4.69, 9.17) is 21.1 Å². The molecule has 0 unspecified atom stereocenters. The minimum absolute atomic E-state index is 0.0177. The molecule has 134 valence electrons. The van der Waals surface area contributed by atoms with Gasteiger partial charge in [0.2, 0.25) is 0 Å². The van der Waals surface area contributed by atoms with Gasteiger partial charge in [-0.1, -0.05) is 11.6 Å². The van der Waals surface area contributed by atoms with Crippen LogP contribution in [-0.2, 0) is 4.74 Å². The molecule has 0 aliphatic heterocycles. The molecule has 0 fully saturated rings. The fourth-order valence-electron chi connectivity index (χ4n) is 1.93. The highest BCUT2D eigenvalue weighted by molar-refractivity contribution is 6.31. The fraction of sp³-hybridized carbons (Fsp3) is 0.529. The average molecular weight is 358 g/mol. The van der Waals surface area contributed by atoms with Gasteiger partial charge in [0.05, 0.1) is 6.54 Å². The first kappa shape index (κ1) is 20.1. The number of rotatable bonds is 6. The van der Waals surface area contributed by atoms with Gasteiger partial charge in [-0.15, -0.1) is 0 Å². The van der Waals surface area contributed by atoms with Crippen LogP contribution >= 0.6 is 11.6 Å². The number of carboxylic acids is 1. The molecule has 1 N–H and O–H groups in total. The highest BCUT2D eigenvalue weighted by atomic mass is 35.5. The van der Waals surface area contributed by atoms with Crippen LogP contribution in [0, 0.1) is 0 Å². The monoisotopic (exact) mass is 357 g/mol. The molecule has 0 aliphatic carbocycles. The second-order valence-corrected chi connectivity index (χ2v) is 7.00. The largest absolute Gasteiger partial charge is 0.491 e. The van der Waals surface area contributed by atoms with Gasteiger partial charge < -0.3 is 19.5 Å². The van der Waals surface area contributed by atoms with Crippen molar-refractivity contribution in [1.82, 2.24) is 4.90 Å². The van der Waals surface area contributed by atoms with Gasteiger partial charge in [0.15, 0.2) is 0 Å². The van der Waals surface area contributed by atoms with E-state index in [1.54, 1.807) is 26.8 Å². The third kappa shape index (κ3) is 6.28. The number of hydrogen-bond donors (Lipinski definition) is 1. The highest BCUT2D eigenvalue weighted by Crippen LogP contribution is 2.23. The molecule has 0 spiro atoms. The van der Waals surface area contributed by atoms with Crippen LogP contribution in [0.3, 0.4) is 0 Å². The summed E-state index contributed by atoms with van der Waals surface area (Å²) in [6.07, 6.45) is -0.435. The maximum atomic E-state index is 12.2. The number of carboxylic acid groups (broad SMARTS) is 1. The normalized spacial score (nSPS) is 11.3. The van der Waals surface area contributed by atoms with Crippen LogP contribution in [0.1, 0.15) is 45.0 Å². The zero-order chi connectivity index (χ0) is 18.5. The Bertz CT molecular complexity index is 595. The zero-order valence-electron chi connectivity index (χ0n) is 14.6. The molecule has 0 atom stereocenters. The van der Waals surface area contributed by atoms with Crippen LogP contribution in [0.15, 0.2) is 18.2 Å². The first-order valence-electron chi connectivity index (χ1n) is 7.66. The second-order valence-electron chi connectivity index (χ2n) is 6.56. The number of carbonyl (C=O) groups excluding carboxylic acids is 1. The molecule has 0 aromatic heterocycles. The Hall–Kier alpha value is -1.95. The van der Waals surface area contributed by atoms with Crippen molar-refractivity contribution in [2.45, 2.75) is 46.3 Å². The van der Waals surface area contributed by atoms with Gasteiger partial charge in [0, 0.05) is 11.1 Å². The van der Waals surface area contributed by atoms with E-state index in [0.29, 0.717) is 5.02 Å². The van der Waals surface area contributed by atoms with Gasteiger partial charge in [0.1, 0.15) is 23.5 Å². The number of carbonyl (C=O) groups is 2. The van der Waals surface area contributed by atoms with Crippen molar-refractivity contribution in [3.63, 3.8) is 0 Å². The smallest absolute Gasteiger partial charge is 0.410 e. The molecular formula is C17H24ClNO5. The van der Waals surface area contributed by atoms with Gasteiger partial charge in [0.25, 0.3) is 0 Å². The Morgan fingerprint density at radius 3 is 2.42 bits per heavy atom. The molecule has 6 nitrogen and oxygen atoms in total. The van der Waals surface area contributed by atoms with Gasteiger partial charge >= 0.3 is 12.1 Å². The summed E-state index contributed by atoms with van der Waals surface area (Å²) in [7, 11) is 0. The Balaban J connectivity index is 2.73. The predicted molar refractivity (Wildman–Crippen MR) is 92.0 cm³/mol. The van der Waals surface area contributed by atoms with Gasteiger partial charge in [-0.05, 0) is 52.8 Å². The summed E-state index contributed by atoms with van der Waals surface area (Å²) in [5, 5.41) is 9.50. The van der Waals surface area contributed by atoms with E-state index < -0.39 is 17.7 Å². The molecule has 1 amide bonds. The molecule has 7 heteroatoms. The van der Waals surface area contributed by atoms with E-state index in [-0.39, 0.29) is 30.5 Å². The third-order valence-electron chi connectivity index (χ3n) is 3.01. The molecule has 0 saturated carbocycles. The topological polar surface area (TPSA) is 76.1 Å². The fourth-order valence-corrected chi connectivity index (χ4v) is 2.10. The highest BCUT2D eigenvalue weighted by Gasteiger charge is 2.24. The van der Waals surface area contributed by atoms with E-state index in [2.05, 4.69) is 0 Å². The van der Waals surface area contributed by atoms with Crippen molar-refractivity contribution in [1.29, 1.82) is 0 Å². The van der Waals surface area contributed by atoms with E-state index in [1.165, 1.54) is 17.0 Å². The van der Waals surface area contributed by atoms with Crippen molar-refractivity contribution in [2.75, 3.05) is 13.2 Å². The lowest BCUT2D eigenvalue weighted by Gasteiger charge is -2.30. The predicted octanol–water partition coefficient (Wildman–Crippen LogP) is 4.06. The molecule has 0 aliphatic rings. The number of halogens is 1. The van der Waals surface area contributed by atoms with E-state index in [1.807, 2.05) is 13.8 Å². The van der Waals surface area contributed by atoms with Crippen LogP contribution in [0.2, 0.25) is 5.02 Å². The number of hydrogen-bond acceptors (Lipinski definition) is 4. The lowest BCUT2D eigenvalue weighted by atomic mass is 10.2. The Morgan fingerprint density at radius 1 is 1.29 bits per heavy atom. The maximum Gasteiger partial charge on any atom is 0.410 e. The second kappa shape index (κ2) is 8.24. The van der Waals surface area contributed by atoms with E-state index >= 15 is 0 Å². The van der Waals surface area contributed by atoms with Crippen LogP contribution < -0.4 is 4.74 Å². The summed E-state index contributed by atoms with van der Waals surface area (Å²) < 4.78 is 10.9. The van der Waals surface area contributed by atoms with Crippen molar-refractivity contribution in [2.24, 2.45) is 0 Å². The first-order chi connectivity index (χ1) is 11.0. The summed E-state index contributed by atoms with van der Waals surface area (Å²) in [6.45, 7) is 9.55. The van der Waals surface area contributed by atoms with Crippen LogP contribution in [-0.4, -0.2) is 46.9 Å². The summed E-state index contributed by atoms with van der Waals surface area (Å²) >= 11 is 5.80. The van der Waals surface area contributed by atoms with Crippen molar-refractivity contribution < 1.29 is 24.2 Å². The molecule has 0 saturated heterocycles.